The van der Waals surface area contributed by atoms with Crippen LogP contribution in [0.2, 0.25) is 0 Å². The first-order valence-electron chi connectivity index (χ1n) is 5.05. The SMILES string of the molecule is CC(C)P(C#CC(C)(C)C)C(C)C. The summed E-state index contributed by atoms with van der Waals surface area (Å²) in [5.74, 6) is 3.36. The van der Waals surface area contributed by atoms with Gasteiger partial charge in [-0.2, -0.15) is 0 Å². The second-order valence-electron chi connectivity index (χ2n) is 5.08. The lowest BCUT2D eigenvalue weighted by molar-refractivity contribution is 0.571. The van der Waals surface area contributed by atoms with E-state index in [1.807, 2.05) is 0 Å². The van der Waals surface area contributed by atoms with Crippen LogP contribution in [-0.2, 0) is 0 Å². The summed E-state index contributed by atoms with van der Waals surface area (Å²) < 4.78 is 0. The van der Waals surface area contributed by atoms with Gasteiger partial charge in [-0.05, 0) is 40.0 Å². The summed E-state index contributed by atoms with van der Waals surface area (Å²) in [6, 6.07) is 0. The zero-order chi connectivity index (χ0) is 10.6. The molecule has 0 unspecified atom stereocenters. The van der Waals surface area contributed by atoms with E-state index in [0.717, 1.165) is 11.3 Å². The Morgan fingerprint density at radius 3 is 1.54 bits per heavy atom. The van der Waals surface area contributed by atoms with Crippen LogP contribution in [0.25, 0.3) is 0 Å². The first kappa shape index (κ1) is 13.0. The summed E-state index contributed by atoms with van der Waals surface area (Å²) in [6.45, 7) is 15.6. The Morgan fingerprint density at radius 2 is 1.31 bits per heavy atom. The third-order valence-electron chi connectivity index (χ3n) is 1.67. The van der Waals surface area contributed by atoms with E-state index in [2.05, 4.69) is 60.0 Å². The van der Waals surface area contributed by atoms with E-state index in [1.165, 1.54) is 0 Å². The minimum atomic E-state index is -0.104. The third kappa shape index (κ3) is 6.11. The smallest absolute Gasteiger partial charge is 0.0233 e. The van der Waals surface area contributed by atoms with E-state index < -0.39 is 0 Å². The van der Waals surface area contributed by atoms with Gasteiger partial charge >= 0.3 is 0 Å². The molecular weight excluding hydrogens is 175 g/mol. The first-order valence-corrected chi connectivity index (χ1v) is 6.53. The number of rotatable bonds is 2. The fraction of sp³-hybridized carbons (Fsp3) is 0.833. The van der Waals surface area contributed by atoms with Gasteiger partial charge in [0.15, 0.2) is 0 Å². The molecule has 0 N–H and O–H groups in total. The third-order valence-corrected chi connectivity index (χ3v) is 4.27. The molecule has 0 aliphatic heterocycles. The highest BCUT2D eigenvalue weighted by Crippen LogP contribution is 2.44. The maximum Gasteiger partial charge on any atom is 0.0233 e. The Labute approximate surface area is 85.3 Å². The summed E-state index contributed by atoms with van der Waals surface area (Å²) in [5, 5.41) is 0. The van der Waals surface area contributed by atoms with Crippen LogP contribution in [0, 0.1) is 17.0 Å². The van der Waals surface area contributed by atoms with Crippen LogP contribution in [0.15, 0.2) is 0 Å². The Kier molecular flexibility index (Phi) is 5.01. The predicted molar refractivity (Wildman–Crippen MR) is 64.4 cm³/mol. The zero-order valence-electron chi connectivity index (χ0n) is 10.1. The Balaban J connectivity index is 4.49. The highest BCUT2D eigenvalue weighted by Gasteiger charge is 2.14. The fourth-order valence-electron chi connectivity index (χ4n) is 1.09. The van der Waals surface area contributed by atoms with Crippen molar-refractivity contribution in [1.82, 2.24) is 0 Å². The van der Waals surface area contributed by atoms with Crippen LogP contribution < -0.4 is 0 Å². The van der Waals surface area contributed by atoms with Gasteiger partial charge in [-0.15, -0.1) is 0 Å². The predicted octanol–water partition coefficient (Wildman–Crippen LogP) is 4.29. The van der Waals surface area contributed by atoms with Crippen LogP contribution in [-0.4, -0.2) is 11.3 Å². The molecule has 0 saturated heterocycles. The molecule has 0 heterocycles. The lowest BCUT2D eigenvalue weighted by Gasteiger charge is -2.20. The van der Waals surface area contributed by atoms with Crippen molar-refractivity contribution in [2.75, 3.05) is 0 Å². The second-order valence-corrected chi connectivity index (χ2v) is 8.19. The molecule has 1 heteroatoms. The molecule has 0 bridgehead atoms. The van der Waals surface area contributed by atoms with Crippen LogP contribution in [0.4, 0.5) is 0 Å². The highest BCUT2D eigenvalue weighted by atomic mass is 31.1. The fourth-order valence-corrected chi connectivity index (χ4v) is 3.26. The van der Waals surface area contributed by atoms with Gasteiger partial charge in [0.1, 0.15) is 0 Å². The Bertz CT molecular complexity index is 189. The van der Waals surface area contributed by atoms with Gasteiger partial charge in [-0.3, -0.25) is 0 Å². The lowest BCUT2D eigenvalue weighted by atomic mass is 9.99. The standard InChI is InChI=1S/C12H23P/c1-10(2)13(11(3)4)9-8-12(5,6)7/h10-11H,1-7H3. The van der Waals surface area contributed by atoms with Gasteiger partial charge in [-0.25, -0.2) is 0 Å². The molecule has 0 fully saturated rings. The molecule has 0 aliphatic carbocycles. The van der Waals surface area contributed by atoms with Crippen LogP contribution >= 0.6 is 7.92 Å². The van der Waals surface area contributed by atoms with Gasteiger partial charge in [-0.1, -0.05) is 39.3 Å². The van der Waals surface area contributed by atoms with E-state index in [-0.39, 0.29) is 13.3 Å². The molecule has 0 aromatic heterocycles. The minimum absolute atomic E-state index is 0.104. The average molecular weight is 198 g/mol. The average Bonchev–Trinajstić information content (AvgIpc) is 1.82. The molecule has 0 rings (SSSR count). The van der Waals surface area contributed by atoms with Gasteiger partial charge in [0, 0.05) is 5.41 Å². The molecule has 0 amide bonds. The van der Waals surface area contributed by atoms with Crippen molar-refractivity contribution in [2.24, 2.45) is 5.41 Å². The van der Waals surface area contributed by atoms with Crippen LogP contribution in [0.3, 0.4) is 0 Å². The zero-order valence-corrected chi connectivity index (χ0v) is 11.0. The van der Waals surface area contributed by atoms with Crippen molar-refractivity contribution in [2.45, 2.75) is 59.8 Å². The van der Waals surface area contributed by atoms with Gasteiger partial charge < -0.3 is 0 Å². The molecule has 13 heavy (non-hydrogen) atoms. The van der Waals surface area contributed by atoms with Crippen molar-refractivity contribution < 1.29 is 0 Å². The molecule has 0 saturated carbocycles. The van der Waals surface area contributed by atoms with E-state index >= 15 is 0 Å². The van der Waals surface area contributed by atoms with Crippen molar-refractivity contribution in [1.29, 1.82) is 0 Å². The van der Waals surface area contributed by atoms with E-state index in [0.29, 0.717) is 0 Å². The Morgan fingerprint density at radius 1 is 0.923 bits per heavy atom. The molecular formula is C12H23P. The molecule has 0 aliphatic rings. The second kappa shape index (κ2) is 5.02. The molecule has 0 aromatic rings. The molecule has 0 atom stereocenters. The summed E-state index contributed by atoms with van der Waals surface area (Å²) >= 11 is 0. The van der Waals surface area contributed by atoms with Crippen molar-refractivity contribution in [3.63, 3.8) is 0 Å². The number of hydrogen-bond acceptors (Lipinski definition) is 0. The van der Waals surface area contributed by atoms with Gasteiger partial charge in [0.25, 0.3) is 0 Å². The van der Waals surface area contributed by atoms with Gasteiger partial charge in [0.2, 0.25) is 0 Å². The lowest BCUT2D eigenvalue weighted by Crippen LogP contribution is -2.04. The molecule has 0 spiro atoms. The van der Waals surface area contributed by atoms with Crippen molar-refractivity contribution >= 4 is 7.92 Å². The van der Waals surface area contributed by atoms with E-state index in [4.69, 9.17) is 0 Å². The topological polar surface area (TPSA) is 0 Å². The quantitative estimate of drug-likeness (QED) is 0.458. The molecule has 0 radical (unpaired) electrons. The van der Waals surface area contributed by atoms with Crippen molar-refractivity contribution in [3.05, 3.63) is 0 Å². The normalized spacial score (nSPS) is 12.2. The van der Waals surface area contributed by atoms with Crippen molar-refractivity contribution in [3.8, 4) is 11.6 Å². The Hall–Kier alpha value is -0.0100. The first-order chi connectivity index (χ1) is 5.74. The largest absolute Gasteiger partial charge is 0.0927 e. The maximum absolute atomic E-state index is 3.47. The molecule has 0 aromatic carbocycles. The minimum Gasteiger partial charge on any atom is -0.0927 e. The summed E-state index contributed by atoms with van der Waals surface area (Å²) in [7, 11) is -0.104. The van der Waals surface area contributed by atoms with Crippen LogP contribution in [0.5, 0.6) is 0 Å². The number of hydrogen-bond donors (Lipinski definition) is 0. The van der Waals surface area contributed by atoms with Crippen LogP contribution in [0.1, 0.15) is 48.5 Å². The highest BCUT2D eigenvalue weighted by molar-refractivity contribution is 7.64. The molecule has 0 nitrogen and oxygen atoms in total. The molecule has 76 valence electrons. The monoisotopic (exact) mass is 198 g/mol. The summed E-state index contributed by atoms with van der Waals surface area (Å²) in [5.41, 5.74) is 5.08. The summed E-state index contributed by atoms with van der Waals surface area (Å²) in [6.07, 6.45) is 0. The van der Waals surface area contributed by atoms with E-state index in [1.54, 1.807) is 0 Å². The summed E-state index contributed by atoms with van der Waals surface area (Å²) in [4.78, 5) is 0. The van der Waals surface area contributed by atoms with E-state index in [9.17, 15) is 0 Å². The maximum atomic E-state index is 3.47. The van der Waals surface area contributed by atoms with Gasteiger partial charge in [0.05, 0.1) is 0 Å².